The summed E-state index contributed by atoms with van der Waals surface area (Å²) in [6.45, 7) is 8.56. The number of anilines is 1. The number of nitrogens with zero attached hydrogens (tertiary/aromatic N) is 1. The number of hydrogen-bond acceptors (Lipinski definition) is 3. The molecule has 2 heterocycles. The van der Waals surface area contributed by atoms with Crippen LogP contribution in [0.3, 0.4) is 0 Å². The number of benzene rings is 1. The highest BCUT2D eigenvalue weighted by molar-refractivity contribution is 5.55. The second kappa shape index (κ2) is 6.15. The maximum absolute atomic E-state index is 5.95. The highest BCUT2D eigenvalue weighted by Crippen LogP contribution is 2.31. The van der Waals surface area contributed by atoms with Gasteiger partial charge in [-0.1, -0.05) is 24.6 Å². The van der Waals surface area contributed by atoms with E-state index < -0.39 is 0 Å². The molecule has 110 valence electrons. The summed E-state index contributed by atoms with van der Waals surface area (Å²) in [7, 11) is 0. The summed E-state index contributed by atoms with van der Waals surface area (Å²) in [5.41, 5.74) is 4.18. The summed E-state index contributed by atoms with van der Waals surface area (Å²) >= 11 is 0. The highest BCUT2D eigenvalue weighted by atomic mass is 16.5. The Labute approximate surface area is 122 Å². The second-order valence-corrected chi connectivity index (χ2v) is 6.17. The molecule has 2 unspecified atom stereocenters. The minimum Gasteiger partial charge on any atom is -0.371 e. The first-order chi connectivity index (χ1) is 9.76. The average Bonchev–Trinajstić information content (AvgIpc) is 2.78. The molecule has 0 aliphatic carbocycles. The number of ether oxygens (including phenoxy) is 1. The first-order valence-corrected chi connectivity index (χ1v) is 7.97. The normalized spacial score (nSPS) is 25.2. The van der Waals surface area contributed by atoms with Crippen molar-refractivity contribution >= 4 is 5.69 Å². The van der Waals surface area contributed by atoms with Crippen LogP contribution in [0.4, 0.5) is 5.69 Å². The Hall–Kier alpha value is -1.06. The molecule has 2 fully saturated rings. The van der Waals surface area contributed by atoms with E-state index in [4.69, 9.17) is 4.74 Å². The first-order valence-electron chi connectivity index (χ1n) is 7.97. The number of fused-ring (bicyclic) bond motifs is 2. The molecule has 3 heteroatoms. The molecule has 2 aliphatic heterocycles. The van der Waals surface area contributed by atoms with Gasteiger partial charge in [-0.25, -0.2) is 0 Å². The third-order valence-electron chi connectivity index (χ3n) is 4.36. The van der Waals surface area contributed by atoms with Gasteiger partial charge >= 0.3 is 0 Å². The van der Waals surface area contributed by atoms with Gasteiger partial charge < -0.3 is 15.0 Å². The molecular weight excluding hydrogens is 248 g/mol. The topological polar surface area (TPSA) is 24.5 Å². The van der Waals surface area contributed by atoms with Gasteiger partial charge in [0.25, 0.3) is 0 Å². The summed E-state index contributed by atoms with van der Waals surface area (Å²) in [4.78, 5) is 2.54. The van der Waals surface area contributed by atoms with Crippen molar-refractivity contribution in [2.75, 3.05) is 24.5 Å². The van der Waals surface area contributed by atoms with Crippen molar-refractivity contribution in [3.63, 3.8) is 0 Å². The molecule has 20 heavy (non-hydrogen) atoms. The zero-order valence-electron chi connectivity index (χ0n) is 12.7. The largest absolute Gasteiger partial charge is 0.371 e. The molecule has 2 saturated heterocycles. The Morgan fingerprint density at radius 3 is 2.70 bits per heavy atom. The number of nitrogens with one attached hydrogen (secondary N) is 1. The molecule has 3 rings (SSSR count). The zero-order chi connectivity index (χ0) is 13.9. The monoisotopic (exact) mass is 274 g/mol. The van der Waals surface area contributed by atoms with Crippen molar-refractivity contribution in [1.82, 2.24) is 5.32 Å². The van der Waals surface area contributed by atoms with E-state index in [2.05, 4.69) is 42.3 Å². The van der Waals surface area contributed by atoms with E-state index in [0.29, 0.717) is 12.2 Å². The van der Waals surface area contributed by atoms with Crippen molar-refractivity contribution in [2.24, 2.45) is 0 Å². The van der Waals surface area contributed by atoms with E-state index in [9.17, 15) is 0 Å². The first kappa shape index (κ1) is 13.9. The van der Waals surface area contributed by atoms with E-state index in [-0.39, 0.29) is 0 Å². The third-order valence-corrected chi connectivity index (χ3v) is 4.36. The molecule has 1 aromatic carbocycles. The molecular formula is C17H26N2O. The van der Waals surface area contributed by atoms with Gasteiger partial charge in [-0.05, 0) is 44.4 Å². The number of hydrogen-bond donors (Lipinski definition) is 1. The Bertz CT molecular complexity index is 448. The third kappa shape index (κ3) is 2.99. The highest BCUT2D eigenvalue weighted by Gasteiger charge is 2.34. The predicted molar refractivity (Wildman–Crippen MR) is 83.3 cm³/mol. The lowest BCUT2D eigenvalue weighted by Gasteiger charge is -2.35. The SMILES string of the molecule is CCCNCc1cc(C)ccc1N1CC2CCC(C1)O2. The lowest BCUT2D eigenvalue weighted by molar-refractivity contribution is 0.0304. The van der Waals surface area contributed by atoms with Gasteiger partial charge in [0.15, 0.2) is 0 Å². The Morgan fingerprint density at radius 2 is 2.00 bits per heavy atom. The standard InChI is InChI=1S/C17H26N2O/c1-3-8-18-10-14-9-13(2)4-7-17(14)19-11-15-5-6-16(12-19)20-15/h4,7,9,15-16,18H,3,5-6,8,10-12H2,1-2H3. The van der Waals surface area contributed by atoms with E-state index in [1.54, 1.807) is 0 Å². The number of morpholine rings is 1. The van der Waals surface area contributed by atoms with Crippen LogP contribution in [0.2, 0.25) is 0 Å². The number of aryl methyl sites for hydroxylation is 1. The van der Waals surface area contributed by atoms with Gasteiger partial charge in [-0.2, -0.15) is 0 Å². The average molecular weight is 274 g/mol. The van der Waals surface area contributed by atoms with Crippen LogP contribution in [-0.2, 0) is 11.3 Å². The van der Waals surface area contributed by atoms with Gasteiger partial charge in [-0.3, -0.25) is 0 Å². The Kier molecular flexibility index (Phi) is 4.27. The minimum absolute atomic E-state index is 0.450. The molecule has 1 aromatic rings. The molecule has 2 atom stereocenters. The fourth-order valence-electron chi connectivity index (χ4n) is 3.38. The van der Waals surface area contributed by atoms with Gasteiger partial charge in [0, 0.05) is 25.3 Å². The van der Waals surface area contributed by atoms with E-state index in [1.807, 2.05) is 0 Å². The smallest absolute Gasteiger partial charge is 0.0755 e. The minimum atomic E-state index is 0.450. The lowest BCUT2D eigenvalue weighted by atomic mass is 10.1. The predicted octanol–water partition coefficient (Wildman–Crippen LogP) is 2.86. The summed E-state index contributed by atoms with van der Waals surface area (Å²) in [5.74, 6) is 0. The molecule has 2 aliphatic rings. The van der Waals surface area contributed by atoms with Crippen LogP contribution in [0.25, 0.3) is 0 Å². The van der Waals surface area contributed by atoms with Crippen molar-refractivity contribution in [1.29, 1.82) is 0 Å². The molecule has 0 saturated carbocycles. The molecule has 1 N–H and O–H groups in total. The zero-order valence-corrected chi connectivity index (χ0v) is 12.7. The van der Waals surface area contributed by atoms with Crippen molar-refractivity contribution in [3.05, 3.63) is 29.3 Å². The maximum atomic E-state index is 5.95. The van der Waals surface area contributed by atoms with Crippen LogP contribution >= 0.6 is 0 Å². The second-order valence-electron chi connectivity index (χ2n) is 6.17. The Balaban J connectivity index is 1.77. The van der Waals surface area contributed by atoms with Crippen molar-refractivity contribution < 1.29 is 4.74 Å². The molecule has 2 bridgehead atoms. The van der Waals surface area contributed by atoms with Crippen molar-refractivity contribution in [3.8, 4) is 0 Å². The Morgan fingerprint density at radius 1 is 1.25 bits per heavy atom. The van der Waals surface area contributed by atoms with E-state index >= 15 is 0 Å². The molecule has 0 amide bonds. The van der Waals surface area contributed by atoms with Gasteiger partial charge in [0.05, 0.1) is 12.2 Å². The maximum Gasteiger partial charge on any atom is 0.0755 e. The molecule has 0 radical (unpaired) electrons. The van der Waals surface area contributed by atoms with Crippen LogP contribution in [0.15, 0.2) is 18.2 Å². The fraction of sp³-hybridized carbons (Fsp3) is 0.647. The van der Waals surface area contributed by atoms with Crippen LogP contribution < -0.4 is 10.2 Å². The summed E-state index contributed by atoms with van der Waals surface area (Å²) in [5, 5.41) is 3.54. The molecule has 3 nitrogen and oxygen atoms in total. The van der Waals surface area contributed by atoms with Crippen LogP contribution in [0, 0.1) is 6.92 Å². The summed E-state index contributed by atoms with van der Waals surface area (Å²) < 4.78 is 5.95. The quantitative estimate of drug-likeness (QED) is 0.836. The van der Waals surface area contributed by atoms with Crippen LogP contribution in [0.1, 0.15) is 37.3 Å². The fourth-order valence-corrected chi connectivity index (χ4v) is 3.38. The summed E-state index contributed by atoms with van der Waals surface area (Å²) in [6.07, 6.45) is 4.55. The van der Waals surface area contributed by atoms with Crippen LogP contribution in [-0.4, -0.2) is 31.8 Å². The van der Waals surface area contributed by atoms with Gasteiger partial charge in [0.1, 0.15) is 0 Å². The van der Waals surface area contributed by atoms with E-state index in [1.165, 1.54) is 36.1 Å². The van der Waals surface area contributed by atoms with Crippen molar-refractivity contribution in [2.45, 2.75) is 51.9 Å². The van der Waals surface area contributed by atoms with E-state index in [0.717, 1.165) is 26.2 Å². The lowest BCUT2D eigenvalue weighted by Crippen LogP contribution is -2.43. The van der Waals surface area contributed by atoms with Gasteiger partial charge in [0.2, 0.25) is 0 Å². The molecule has 0 aromatic heterocycles. The number of rotatable bonds is 5. The van der Waals surface area contributed by atoms with Gasteiger partial charge in [-0.15, -0.1) is 0 Å². The van der Waals surface area contributed by atoms with Crippen LogP contribution in [0.5, 0.6) is 0 Å². The summed E-state index contributed by atoms with van der Waals surface area (Å²) in [6, 6.07) is 6.86. The molecule has 0 spiro atoms.